The summed E-state index contributed by atoms with van der Waals surface area (Å²) in [6.07, 6.45) is 0.983. The first-order chi connectivity index (χ1) is 12.6. The normalized spacial score (nSPS) is 11.4. The minimum atomic E-state index is 0. The number of hydrogen-bond donors (Lipinski definition) is 2. The zero-order chi connectivity index (χ0) is 18.8. The predicted molar refractivity (Wildman–Crippen MR) is 127 cm³/mol. The first-order valence-corrected chi connectivity index (χ1v) is 9.35. The van der Waals surface area contributed by atoms with Gasteiger partial charge < -0.3 is 10.6 Å². The fourth-order valence-corrected chi connectivity index (χ4v) is 2.70. The Morgan fingerprint density at radius 1 is 0.963 bits per heavy atom. The molecule has 0 aromatic heterocycles. The van der Waals surface area contributed by atoms with Gasteiger partial charge in [0.1, 0.15) is 0 Å². The van der Waals surface area contributed by atoms with Crippen LogP contribution in [0.25, 0.3) is 0 Å². The summed E-state index contributed by atoms with van der Waals surface area (Å²) in [5.74, 6) is 0.841. The molecule has 5 heteroatoms. The zero-order valence-corrected chi connectivity index (χ0v) is 19.2. The first-order valence-electron chi connectivity index (χ1n) is 9.35. The van der Waals surface area contributed by atoms with Crippen LogP contribution < -0.4 is 10.6 Å². The highest BCUT2D eigenvalue weighted by Crippen LogP contribution is 2.12. The molecule has 0 unspecified atom stereocenters. The Hall–Kier alpha value is -1.60. The van der Waals surface area contributed by atoms with E-state index in [9.17, 15) is 0 Å². The molecule has 0 bridgehead atoms. The van der Waals surface area contributed by atoms with E-state index in [1.807, 2.05) is 13.1 Å². The van der Waals surface area contributed by atoms with Crippen molar-refractivity contribution in [3.05, 3.63) is 71.3 Å². The Morgan fingerprint density at radius 2 is 1.59 bits per heavy atom. The number of guanidine groups is 1. The van der Waals surface area contributed by atoms with Crippen LogP contribution >= 0.6 is 24.0 Å². The summed E-state index contributed by atoms with van der Waals surface area (Å²) in [6.45, 7) is 7.03. The van der Waals surface area contributed by atoms with Gasteiger partial charge in [-0.2, -0.15) is 0 Å². The SMILES string of the molecule is CN=C(NCCc1ccccc1)NCc1ccccc1CN(C)C(C)C.I. The molecule has 2 N–H and O–H groups in total. The fourth-order valence-electron chi connectivity index (χ4n) is 2.70. The van der Waals surface area contributed by atoms with Crippen LogP contribution in [0.3, 0.4) is 0 Å². The van der Waals surface area contributed by atoms with Crippen molar-refractivity contribution in [3.8, 4) is 0 Å². The van der Waals surface area contributed by atoms with E-state index in [-0.39, 0.29) is 24.0 Å². The molecule has 0 aliphatic heterocycles. The van der Waals surface area contributed by atoms with E-state index >= 15 is 0 Å². The van der Waals surface area contributed by atoms with E-state index in [0.29, 0.717) is 6.04 Å². The summed E-state index contributed by atoms with van der Waals surface area (Å²) >= 11 is 0. The van der Waals surface area contributed by atoms with Gasteiger partial charge in [-0.05, 0) is 44.0 Å². The van der Waals surface area contributed by atoms with Crippen LogP contribution in [-0.2, 0) is 19.5 Å². The molecule has 2 rings (SSSR count). The topological polar surface area (TPSA) is 39.7 Å². The predicted octanol–water partition coefficient (Wildman–Crippen LogP) is 4.05. The molecule has 0 aliphatic rings. The smallest absolute Gasteiger partial charge is 0.191 e. The van der Waals surface area contributed by atoms with E-state index in [2.05, 4.69) is 90.0 Å². The van der Waals surface area contributed by atoms with Gasteiger partial charge >= 0.3 is 0 Å². The highest BCUT2D eigenvalue weighted by molar-refractivity contribution is 14.0. The van der Waals surface area contributed by atoms with E-state index in [1.54, 1.807) is 0 Å². The van der Waals surface area contributed by atoms with Crippen molar-refractivity contribution in [1.82, 2.24) is 15.5 Å². The second-order valence-corrected chi connectivity index (χ2v) is 6.87. The Labute approximate surface area is 181 Å². The zero-order valence-electron chi connectivity index (χ0n) is 16.9. The molecule has 4 nitrogen and oxygen atoms in total. The highest BCUT2D eigenvalue weighted by atomic mass is 127. The second kappa shape index (κ2) is 12.7. The standard InChI is InChI=1S/C22H32N4.HI/c1-18(2)26(4)17-21-13-9-8-12-20(21)16-25-22(23-3)24-15-14-19-10-6-5-7-11-19;/h5-13,18H,14-17H2,1-4H3,(H2,23,24,25);1H. The van der Waals surface area contributed by atoms with Gasteiger partial charge in [0.2, 0.25) is 0 Å². The molecular weight excluding hydrogens is 447 g/mol. The largest absolute Gasteiger partial charge is 0.356 e. The summed E-state index contributed by atoms with van der Waals surface area (Å²) < 4.78 is 0. The third-order valence-corrected chi connectivity index (χ3v) is 4.64. The van der Waals surface area contributed by atoms with Crippen LogP contribution in [0.15, 0.2) is 59.6 Å². The molecule has 0 saturated carbocycles. The number of nitrogens with zero attached hydrogens (tertiary/aromatic N) is 2. The molecule has 2 aromatic rings. The van der Waals surface area contributed by atoms with E-state index in [4.69, 9.17) is 0 Å². The summed E-state index contributed by atoms with van der Waals surface area (Å²) in [6, 6.07) is 19.6. The Kier molecular flexibility index (Phi) is 11.0. The van der Waals surface area contributed by atoms with Gasteiger partial charge in [0.25, 0.3) is 0 Å². The molecule has 0 atom stereocenters. The maximum Gasteiger partial charge on any atom is 0.191 e. The molecule has 0 amide bonds. The number of hydrogen-bond acceptors (Lipinski definition) is 2. The van der Waals surface area contributed by atoms with Gasteiger partial charge in [-0.25, -0.2) is 0 Å². The van der Waals surface area contributed by atoms with Crippen molar-refractivity contribution in [2.75, 3.05) is 20.6 Å². The Balaban J connectivity index is 0.00000364. The van der Waals surface area contributed by atoms with Crippen LogP contribution in [0.5, 0.6) is 0 Å². The molecule has 148 valence electrons. The van der Waals surface area contributed by atoms with E-state index < -0.39 is 0 Å². The van der Waals surface area contributed by atoms with Gasteiger partial charge in [-0.1, -0.05) is 54.6 Å². The minimum absolute atomic E-state index is 0. The first kappa shape index (κ1) is 23.4. The van der Waals surface area contributed by atoms with Crippen molar-refractivity contribution in [1.29, 1.82) is 0 Å². The lowest BCUT2D eigenvalue weighted by molar-refractivity contribution is 0.265. The molecule has 0 aliphatic carbocycles. The van der Waals surface area contributed by atoms with Crippen LogP contribution in [0.2, 0.25) is 0 Å². The quantitative estimate of drug-likeness (QED) is 0.340. The average molecular weight is 480 g/mol. The second-order valence-electron chi connectivity index (χ2n) is 6.87. The van der Waals surface area contributed by atoms with Crippen molar-refractivity contribution in [2.24, 2.45) is 4.99 Å². The molecule has 0 heterocycles. The summed E-state index contributed by atoms with van der Waals surface area (Å²) in [5, 5.41) is 6.83. The molecular formula is C22H33IN4. The number of aliphatic imine (C=N–C) groups is 1. The van der Waals surface area contributed by atoms with Crippen molar-refractivity contribution >= 4 is 29.9 Å². The van der Waals surface area contributed by atoms with E-state index in [0.717, 1.165) is 32.0 Å². The molecule has 0 radical (unpaired) electrons. The average Bonchev–Trinajstić information content (AvgIpc) is 2.66. The number of benzene rings is 2. The monoisotopic (exact) mass is 480 g/mol. The molecule has 0 spiro atoms. The van der Waals surface area contributed by atoms with E-state index in [1.165, 1.54) is 16.7 Å². The molecule has 27 heavy (non-hydrogen) atoms. The van der Waals surface area contributed by atoms with Gasteiger partial charge in [0.05, 0.1) is 0 Å². The van der Waals surface area contributed by atoms with Crippen molar-refractivity contribution in [2.45, 2.75) is 39.4 Å². The lowest BCUT2D eigenvalue weighted by Gasteiger charge is -2.23. The van der Waals surface area contributed by atoms with Gasteiger partial charge in [-0.3, -0.25) is 9.89 Å². The number of rotatable bonds is 8. The lowest BCUT2D eigenvalue weighted by Crippen LogP contribution is -2.38. The van der Waals surface area contributed by atoms with Crippen LogP contribution in [-0.4, -0.2) is 37.5 Å². The third kappa shape index (κ3) is 8.30. The minimum Gasteiger partial charge on any atom is -0.356 e. The Bertz CT molecular complexity index is 686. The van der Waals surface area contributed by atoms with Crippen LogP contribution in [0, 0.1) is 0 Å². The molecule has 2 aromatic carbocycles. The maximum absolute atomic E-state index is 4.34. The maximum atomic E-state index is 4.34. The van der Waals surface area contributed by atoms with Crippen molar-refractivity contribution in [3.63, 3.8) is 0 Å². The van der Waals surface area contributed by atoms with Crippen LogP contribution in [0.1, 0.15) is 30.5 Å². The highest BCUT2D eigenvalue weighted by Gasteiger charge is 2.08. The van der Waals surface area contributed by atoms with Gasteiger partial charge in [0, 0.05) is 32.7 Å². The van der Waals surface area contributed by atoms with Gasteiger partial charge in [0.15, 0.2) is 5.96 Å². The van der Waals surface area contributed by atoms with Gasteiger partial charge in [-0.15, -0.1) is 24.0 Å². The number of nitrogens with one attached hydrogen (secondary N) is 2. The molecule has 0 saturated heterocycles. The summed E-state index contributed by atoms with van der Waals surface area (Å²) in [4.78, 5) is 6.69. The summed E-state index contributed by atoms with van der Waals surface area (Å²) in [7, 11) is 3.98. The van der Waals surface area contributed by atoms with Crippen molar-refractivity contribution < 1.29 is 0 Å². The third-order valence-electron chi connectivity index (χ3n) is 4.64. The Morgan fingerprint density at radius 3 is 2.22 bits per heavy atom. The fraction of sp³-hybridized carbons (Fsp3) is 0.409. The molecule has 0 fully saturated rings. The number of halogens is 1. The lowest BCUT2D eigenvalue weighted by atomic mass is 10.1. The summed E-state index contributed by atoms with van der Waals surface area (Å²) in [5.41, 5.74) is 4.00. The van der Waals surface area contributed by atoms with Crippen LogP contribution in [0.4, 0.5) is 0 Å².